The SMILES string of the molecule is CC(C)(C)C1=NC(C(C)(C)C)CC1. The van der Waals surface area contributed by atoms with Gasteiger partial charge in [0.25, 0.3) is 0 Å². The summed E-state index contributed by atoms with van der Waals surface area (Å²) >= 11 is 0. The average molecular weight is 181 g/mol. The van der Waals surface area contributed by atoms with Crippen LogP contribution in [0.4, 0.5) is 0 Å². The topological polar surface area (TPSA) is 12.4 Å². The van der Waals surface area contributed by atoms with Gasteiger partial charge in [-0.15, -0.1) is 0 Å². The summed E-state index contributed by atoms with van der Waals surface area (Å²) in [5.41, 5.74) is 2.03. The van der Waals surface area contributed by atoms with E-state index in [0.717, 1.165) is 0 Å². The van der Waals surface area contributed by atoms with Crippen molar-refractivity contribution in [2.45, 2.75) is 60.4 Å². The van der Waals surface area contributed by atoms with Gasteiger partial charge in [0, 0.05) is 5.71 Å². The van der Waals surface area contributed by atoms with Gasteiger partial charge in [0.05, 0.1) is 6.04 Å². The Balaban J connectivity index is 2.76. The van der Waals surface area contributed by atoms with Crippen molar-refractivity contribution in [3.63, 3.8) is 0 Å². The summed E-state index contributed by atoms with van der Waals surface area (Å²) in [6.07, 6.45) is 2.45. The highest BCUT2D eigenvalue weighted by Gasteiger charge is 2.32. The Kier molecular flexibility index (Phi) is 2.57. The molecule has 0 aromatic heterocycles. The molecule has 0 saturated carbocycles. The van der Waals surface area contributed by atoms with Gasteiger partial charge < -0.3 is 0 Å². The fraction of sp³-hybridized carbons (Fsp3) is 0.917. The molecule has 1 heteroatoms. The van der Waals surface area contributed by atoms with Crippen LogP contribution in [0, 0.1) is 10.8 Å². The molecular weight excluding hydrogens is 158 g/mol. The fourth-order valence-corrected chi connectivity index (χ4v) is 1.79. The van der Waals surface area contributed by atoms with Gasteiger partial charge in [-0.05, 0) is 23.7 Å². The maximum atomic E-state index is 4.85. The first kappa shape index (κ1) is 10.7. The number of aliphatic imine (C=N–C) groups is 1. The Morgan fingerprint density at radius 3 is 1.85 bits per heavy atom. The van der Waals surface area contributed by atoms with Gasteiger partial charge in [0.15, 0.2) is 0 Å². The second-order valence-corrected chi connectivity index (χ2v) is 6.25. The van der Waals surface area contributed by atoms with Gasteiger partial charge in [0.1, 0.15) is 0 Å². The van der Waals surface area contributed by atoms with Crippen LogP contribution in [-0.4, -0.2) is 11.8 Å². The molecule has 1 aliphatic heterocycles. The minimum Gasteiger partial charge on any atom is -0.290 e. The molecule has 1 unspecified atom stereocenters. The Hall–Kier alpha value is -0.330. The van der Waals surface area contributed by atoms with Crippen LogP contribution in [-0.2, 0) is 0 Å². The van der Waals surface area contributed by atoms with Crippen molar-refractivity contribution in [3.05, 3.63) is 0 Å². The average Bonchev–Trinajstić information content (AvgIpc) is 2.28. The molecule has 0 fully saturated rings. The molecule has 0 N–H and O–H groups in total. The van der Waals surface area contributed by atoms with E-state index in [1.807, 2.05) is 0 Å². The van der Waals surface area contributed by atoms with E-state index in [1.54, 1.807) is 0 Å². The molecular formula is C12H23N. The van der Waals surface area contributed by atoms with Crippen LogP contribution in [0.5, 0.6) is 0 Å². The van der Waals surface area contributed by atoms with Crippen molar-refractivity contribution in [3.8, 4) is 0 Å². The summed E-state index contributed by atoms with van der Waals surface area (Å²) in [5, 5.41) is 0. The maximum Gasteiger partial charge on any atom is 0.0551 e. The number of rotatable bonds is 0. The first-order chi connectivity index (χ1) is 5.71. The first-order valence-electron chi connectivity index (χ1n) is 5.28. The molecule has 1 heterocycles. The van der Waals surface area contributed by atoms with Gasteiger partial charge >= 0.3 is 0 Å². The third kappa shape index (κ3) is 2.55. The summed E-state index contributed by atoms with van der Waals surface area (Å²) in [5.74, 6) is 0. The third-order valence-corrected chi connectivity index (χ3v) is 2.83. The Morgan fingerprint density at radius 1 is 1.08 bits per heavy atom. The minimum absolute atomic E-state index is 0.278. The predicted molar refractivity (Wildman–Crippen MR) is 59.4 cm³/mol. The fourth-order valence-electron chi connectivity index (χ4n) is 1.79. The molecule has 1 nitrogen and oxygen atoms in total. The predicted octanol–water partition coefficient (Wildman–Crippen LogP) is 3.68. The van der Waals surface area contributed by atoms with Crippen molar-refractivity contribution < 1.29 is 0 Å². The molecule has 1 rings (SSSR count). The zero-order chi connectivity index (χ0) is 10.3. The number of hydrogen-bond acceptors (Lipinski definition) is 1. The largest absolute Gasteiger partial charge is 0.290 e. The van der Waals surface area contributed by atoms with Crippen LogP contribution < -0.4 is 0 Å². The lowest BCUT2D eigenvalue weighted by Gasteiger charge is -2.24. The van der Waals surface area contributed by atoms with Crippen molar-refractivity contribution in [2.24, 2.45) is 15.8 Å². The lowest BCUT2D eigenvalue weighted by Crippen LogP contribution is -2.22. The van der Waals surface area contributed by atoms with Gasteiger partial charge in [-0.3, -0.25) is 4.99 Å². The van der Waals surface area contributed by atoms with Crippen LogP contribution in [0.15, 0.2) is 4.99 Å². The molecule has 0 radical (unpaired) electrons. The molecule has 1 aliphatic rings. The minimum atomic E-state index is 0.278. The zero-order valence-electron chi connectivity index (χ0n) is 9.94. The van der Waals surface area contributed by atoms with E-state index >= 15 is 0 Å². The Morgan fingerprint density at radius 2 is 1.62 bits per heavy atom. The highest BCUT2D eigenvalue weighted by molar-refractivity contribution is 5.90. The second kappa shape index (κ2) is 3.11. The maximum absolute atomic E-state index is 4.85. The number of nitrogens with zero attached hydrogens (tertiary/aromatic N) is 1. The van der Waals surface area contributed by atoms with Crippen LogP contribution >= 0.6 is 0 Å². The van der Waals surface area contributed by atoms with E-state index in [0.29, 0.717) is 11.5 Å². The molecule has 0 saturated heterocycles. The molecule has 0 spiro atoms. The highest BCUT2D eigenvalue weighted by atomic mass is 14.9. The first-order valence-corrected chi connectivity index (χ1v) is 5.28. The van der Waals surface area contributed by atoms with Crippen LogP contribution in [0.25, 0.3) is 0 Å². The summed E-state index contributed by atoms with van der Waals surface area (Å²) < 4.78 is 0. The molecule has 13 heavy (non-hydrogen) atoms. The van der Waals surface area contributed by atoms with Crippen molar-refractivity contribution in [1.82, 2.24) is 0 Å². The Labute approximate surface area is 82.6 Å². The molecule has 0 aromatic rings. The van der Waals surface area contributed by atoms with Gasteiger partial charge in [-0.2, -0.15) is 0 Å². The highest BCUT2D eigenvalue weighted by Crippen LogP contribution is 2.34. The van der Waals surface area contributed by atoms with E-state index in [-0.39, 0.29) is 5.41 Å². The number of hydrogen-bond donors (Lipinski definition) is 0. The molecule has 0 aromatic carbocycles. The molecule has 1 atom stereocenters. The lowest BCUT2D eigenvalue weighted by atomic mass is 9.85. The lowest BCUT2D eigenvalue weighted by molar-refractivity contribution is 0.322. The van der Waals surface area contributed by atoms with Gasteiger partial charge in [0.2, 0.25) is 0 Å². The van der Waals surface area contributed by atoms with Crippen molar-refractivity contribution >= 4 is 5.71 Å². The van der Waals surface area contributed by atoms with Gasteiger partial charge in [-0.25, -0.2) is 0 Å². The van der Waals surface area contributed by atoms with Crippen LogP contribution in [0.2, 0.25) is 0 Å². The molecule has 0 amide bonds. The van der Waals surface area contributed by atoms with E-state index < -0.39 is 0 Å². The third-order valence-electron chi connectivity index (χ3n) is 2.83. The zero-order valence-corrected chi connectivity index (χ0v) is 9.94. The molecule has 76 valence electrons. The van der Waals surface area contributed by atoms with E-state index in [4.69, 9.17) is 4.99 Å². The molecule has 0 aliphatic carbocycles. The van der Waals surface area contributed by atoms with Crippen molar-refractivity contribution in [1.29, 1.82) is 0 Å². The van der Waals surface area contributed by atoms with Crippen LogP contribution in [0.3, 0.4) is 0 Å². The summed E-state index contributed by atoms with van der Waals surface area (Å²) in [6, 6.07) is 0.543. The normalized spacial score (nSPS) is 24.8. The summed E-state index contributed by atoms with van der Waals surface area (Å²) in [4.78, 5) is 4.85. The standard InChI is InChI=1S/C12H23N/c1-11(2,3)9-7-8-10(13-9)12(4,5)6/h9H,7-8H2,1-6H3. The van der Waals surface area contributed by atoms with Crippen molar-refractivity contribution in [2.75, 3.05) is 0 Å². The van der Waals surface area contributed by atoms with E-state index in [2.05, 4.69) is 41.5 Å². The smallest absolute Gasteiger partial charge is 0.0551 e. The van der Waals surface area contributed by atoms with E-state index in [9.17, 15) is 0 Å². The van der Waals surface area contributed by atoms with E-state index in [1.165, 1.54) is 18.6 Å². The summed E-state index contributed by atoms with van der Waals surface area (Å²) in [6.45, 7) is 13.6. The Bertz CT molecular complexity index is 212. The van der Waals surface area contributed by atoms with Crippen LogP contribution in [0.1, 0.15) is 54.4 Å². The summed E-state index contributed by atoms with van der Waals surface area (Å²) in [7, 11) is 0. The monoisotopic (exact) mass is 181 g/mol. The van der Waals surface area contributed by atoms with Gasteiger partial charge in [-0.1, -0.05) is 41.5 Å². The molecule has 0 bridgehead atoms. The second-order valence-electron chi connectivity index (χ2n) is 6.25. The quantitative estimate of drug-likeness (QED) is 0.540.